The lowest BCUT2D eigenvalue weighted by Crippen LogP contribution is -1.94. The van der Waals surface area contributed by atoms with E-state index >= 15 is 0 Å². The maximum Gasteiger partial charge on any atom is 0.290 e. The number of hydrogen-bond donors (Lipinski definition) is 0. The van der Waals surface area contributed by atoms with Gasteiger partial charge in [0.2, 0.25) is 0 Å². The lowest BCUT2D eigenvalue weighted by molar-refractivity contribution is -0.396. The molecule has 2 aromatic carbocycles. The van der Waals surface area contributed by atoms with Crippen LogP contribution in [0.4, 0.5) is 15.8 Å². The monoisotopic (exact) mass is 328 g/mol. The van der Waals surface area contributed by atoms with E-state index in [0.29, 0.717) is 4.90 Å². The molecule has 108 valence electrons. The molecule has 0 N–H and O–H groups in total. The summed E-state index contributed by atoms with van der Waals surface area (Å²) in [5, 5.41) is 21.5. The second-order valence-corrected chi connectivity index (χ2v) is 5.37. The van der Waals surface area contributed by atoms with Gasteiger partial charge in [0.05, 0.1) is 25.8 Å². The quantitative estimate of drug-likeness (QED) is 0.611. The van der Waals surface area contributed by atoms with Crippen LogP contribution in [-0.2, 0) is 0 Å². The van der Waals surface area contributed by atoms with Crippen LogP contribution in [0.25, 0.3) is 0 Å². The predicted octanol–water partition coefficient (Wildman–Crippen LogP) is 4.45. The summed E-state index contributed by atoms with van der Waals surface area (Å²) in [6, 6.07) is 7.21. The third-order valence-electron chi connectivity index (χ3n) is 2.47. The van der Waals surface area contributed by atoms with Crippen molar-refractivity contribution in [3.8, 4) is 0 Å². The van der Waals surface area contributed by atoms with Gasteiger partial charge in [0.25, 0.3) is 11.4 Å². The van der Waals surface area contributed by atoms with Crippen molar-refractivity contribution in [3.63, 3.8) is 0 Å². The summed E-state index contributed by atoms with van der Waals surface area (Å²) in [6.07, 6.45) is 0. The third-order valence-corrected chi connectivity index (χ3v) is 3.81. The summed E-state index contributed by atoms with van der Waals surface area (Å²) >= 11 is 6.61. The molecule has 2 rings (SSSR count). The van der Waals surface area contributed by atoms with Gasteiger partial charge in [-0.3, -0.25) is 20.2 Å². The van der Waals surface area contributed by atoms with Gasteiger partial charge in [0.15, 0.2) is 0 Å². The van der Waals surface area contributed by atoms with Crippen molar-refractivity contribution in [3.05, 3.63) is 67.5 Å². The van der Waals surface area contributed by atoms with Gasteiger partial charge in [0, 0.05) is 11.0 Å². The second-order valence-electron chi connectivity index (χ2n) is 3.84. The minimum absolute atomic E-state index is 0.107. The molecule has 0 bridgehead atoms. The molecule has 9 heteroatoms. The zero-order chi connectivity index (χ0) is 15.6. The first-order valence-electron chi connectivity index (χ1n) is 5.44. The average Bonchev–Trinajstić information content (AvgIpc) is 2.43. The van der Waals surface area contributed by atoms with E-state index in [4.69, 9.17) is 11.6 Å². The van der Waals surface area contributed by atoms with Gasteiger partial charge in [-0.15, -0.1) is 0 Å². The Labute approximate surface area is 126 Å². The first-order valence-corrected chi connectivity index (χ1v) is 6.63. The Morgan fingerprint density at radius 3 is 2.33 bits per heavy atom. The summed E-state index contributed by atoms with van der Waals surface area (Å²) in [7, 11) is 0. The van der Waals surface area contributed by atoms with E-state index in [9.17, 15) is 24.6 Å². The Bertz CT molecular complexity index is 741. The Morgan fingerprint density at radius 2 is 1.76 bits per heavy atom. The molecule has 0 radical (unpaired) electrons. The number of nitro groups is 2. The van der Waals surface area contributed by atoms with Gasteiger partial charge < -0.3 is 0 Å². The molecule has 0 aliphatic carbocycles. The zero-order valence-corrected chi connectivity index (χ0v) is 11.7. The molecular weight excluding hydrogens is 323 g/mol. The standard InChI is InChI=1S/C12H6ClFN2O4S/c13-9-6-8(2-3-10(9)14)21-12-4-1-7(15(17)18)5-11(12)16(19)20/h1-6H. The zero-order valence-electron chi connectivity index (χ0n) is 10.2. The smallest absolute Gasteiger partial charge is 0.258 e. The molecule has 6 nitrogen and oxygen atoms in total. The summed E-state index contributed by atoms with van der Waals surface area (Å²) < 4.78 is 13.1. The molecule has 21 heavy (non-hydrogen) atoms. The molecule has 0 fully saturated rings. The van der Waals surface area contributed by atoms with Crippen molar-refractivity contribution in [1.29, 1.82) is 0 Å². The fourth-order valence-electron chi connectivity index (χ4n) is 1.52. The molecule has 2 aromatic rings. The van der Waals surface area contributed by atoms with Crippen LogP contribution in [0.2, 0.25) is 5.02 Å². The molecule has 0 atom stereocenters. The number of nitro benzene ring substituents is 2. The van der Waals surface area contributed by atoms with Crippen molar-refractivity contribution in [2.75, 3.05) is 0 Å². The number of benzene rings is 2. The van der Waals surface area contributed by atoms with E-state index in [1.165, 1.54) is 24.3 Å². The van der Waals surface area contributed by atoms with Gasteiger partial charge in [-0.2, -0.15) is 0 Å². The van der Waals surface area contributed by atoms with Crippen molar-refractivity contribution >= 4 is 34.7 Å². The van der Waals surface area contributed by atoms with E-state index in [0.717, 1.165) is 23.9 Å². The maximum absolute atomic E-state index is 13.1. The molecule has 0 saturated carbocycles. The van der Waals surface area contributed by atoms with Gasteiger partial charge >= 0.3 is 0 Å². The van der Waals surface area contributed by atoms with Crippen LogP contribution in [0, 0.1) is 26.0 Å². The topological polar surface area (TPSA) is 86.3 Å². The number of nitrogens with zero attached hydrogens (tertiary/aromatic N) is 2. The molecule has 0 heterocycles. The number of rotatable bonds is 4. The Balaban J connectivity index is 2.41. The first-order chi connectivity index (χ1) is 9.88. The Hall–Kier alpha value is -2.19. The molecule has 0 saturated heterocycles. The van der Waals surface area contributed by atoms with Crippen LogP contribution >= 0.6 is 23.4 Å². The Morgan fingerprint density at radius 1 is 1.05 bits per heavy atom. The highest BCUT2D eigenvalue weighted by Crippen LogP contribution is 2.37. The predicted molar refractivity (Wildman–Crippen MR) is 75.3 cm³/mol. The lowest BCUT2D eigenvalue weighted by atomic mass is 10.3. The van der Waals surface area contributed by atoms with Crippen LogP contribution in [0.5, 0.6) is 0 Å². The summed E-state index contributed by atoms with van der Waals surface area (Å²) in [5.74, 6) is -0.598. The van der Waals surface area contributed by atoms with E-state index in [2.05, 4.69) is 0 Å². The molecule has 0 aromatic heterocycles. The molecule has 0 aliphatic heterocycles. The van der Waals surface area contributed by atoms with Crippen LogP contribution < -0.4 is 0 Å². The molecule has 0 amide bonds. The van der Waals surface area contributed by atoms with Crippen LogP contribution in [0.3, 0.4) is 0 Å². The summed E-state index contributed by atoms with van der Waals surface area (Å²) in [4.78, 5) is 20.9. The highest BCUT2D eigenvalue weighted by Gasteiger charge is 2.20. The lowest BCUT2D eigenvalue weighted by Gasteiger charge is -2.04. The molecular formula is C12H6ClFN2O4S. The van der Waals surface area contributed by atoms with Crippen molar-refractivity contribution in [2.45, 2.75) is 9.79 Å². The van der Waals surface area contributed by atoms with Crippen LogP contribution in [-0.4, -0.2) is 9.85 Å². The normalized spacial score (nSPS) is 10.4. The van der Waals surface area contributed by atoms with Gasteiger partial charge in [0.1, 0.15) is 5.82 Å². The average molecular weight is 329 g/mol. The van der Waals surface area contributed by atoms with E-state index in [1.54, 1.807) is 0 Å². The van der Waals surface area contributed by atoms with Gasteiger partial charge in [-0.05, 0) is 24.3 Å². The summed E-state index contributed by atoms with van der Waals surface area (Å²) in [6.45, 7) is 0. The minimum Gasteiger partial charge on any atom is -0.258 e. The SMILES string of the molecule is O=[N+]([O-])c1ccc(Sc2ccc(F)c(Cl)c2)c([N+](=O)[O-])c1. The van der Waals surface area contributed by atoms with E-state index in [-0.39, 0.29) is 15.6 Å². The van der Waals surface area contributed by atoms with Gasteiger partial charge in [-0.1, -0.05) is 23.4 Å². The van der Waals surface area contributed by atoms with Crippen molar-refractivity contribution < 1.29 is 14.2 Å². The molecule has 0 aliphatic rings. The second kappa shape index (κ2) is 6.06. The number of non-ortho nitro benzene ring substituents is 1. The first kappa shape index (κ1) is 15.2. The number of halogens is 2. The maximum atomic E-state index is 13.1. The third kappa shape index (κ3) is 3.47. The van der Waals surface area contributed by atoms with Crippen LogP contribution in [0.1, 0.15) is 0 Å². The largest absolute Gasteiger partial charge is 0.290 e. The van der Waals surface area contributed by atoms with Crippen molar-refractivity contribution in [2.24, 2.45) is 0 Å². The van der Waals surface area contributed by atoms with E-state index in [1.807, 2.05) is 0 Å². The van der Waals surface area contributed by atoms with E-state index < -0.39 is 21.4 Å². The molecule has 0 unspecified atom stereocenters. The van der Waals surface area contributed by atoms with Crippen molar-refractivity contribution in [1.82, 2.24) is 0 Å². The fraction of sp³-hybridized carbons (Fsp3) is 0. The highest BCUT2D eigenvalue weighted by atomic mass is 35.5. The minimum atomic E-state index is -0.712. The highest BCUT2D eigenvalue weighted by molar-refractivity contribution is 7.99. The Kier molecular flexibility index (Phi) is 4.39. The fourth-order valence-corrected chi connectivity index (χ4v) is 2.70. The summed E-state index contributed by atoms with van der Waals surface area (Å²) in [5.41, 5.74) is -0.766. The van der Waals surface area contributed by atoms with Gasteiger partial charge in [-0.25, -0.2) is 4.39 Å². The van der Waals surface area contributed by atoms with Crippen LogP contribution in [0.15, 0.2) is 46.2 Å². The number of hydrogen-bond acceptors (Lipinski definition) is 5. The molecule has 0 spiro atoms.